The summed E-state index contributed by atoms with van der Waals surface area (Å²) in [6, 6.07) is 9.08. The van der Waals surface area contributed by atoms with Crippen LogP contribution in [-0.4, -0.2) is 12.1 Å². The lowest BCUT2D eigenvalue weighted by molar-refractivity contribution is -0.114. The van der Waals surface area contributed by atoms with Gasteiger partial charge in [-0.3, -0.25) is 4.79 Å². The number of hydrogen-bond donors (Lipinski definition) is 4. The minimum atomic E-state index is -0.731. The highest BCUT2D eigenvalue weighted by Crippen LogP contribution is 2.07. The third-order valence-corrected chi connectivity index (χ3v) is 1.75. The maximum Gasteiger partial charge on any atom is 0.253 e. The van der Waals surface area contributed by atoms with E-state index in [0.717, 1.165) is 11.9 Å². The highest BCUT2D eigenvalue weighted by molar-refractivity contribution is 6.11. The number of hydrogen-bond acceptors (Lipinski definition) is 4. The molecule has 0 heterocycles. The number of benzene rings is 1. The summed E-state index contributed by atoms with van der Waals surface area (Å²) in [6.07, 6.45) is 0.827. The normalized spacial score (nSPS) is 11.5. The predicted molar refractivity (Wildman–Crippen MR) is 59.3 cm³/mol. The molecule has 5 heteroatoms. The van der Waals surface area contributed by atoms with Crippen molar-refractivity contribution >= 4 is 17.8 Å². The Labute approximate surface area is 87.3 Å². The molecule has 0 atom stereocenters. The Bertz CT molecular complexity index is 397. The molecule has 5 nitrogen and oxygen atoms in total. The molecule has 0 aliphatic rings. The number of carbonyl (C=O) groups excluding carboxylic acids is 1. The Morgan fingerprint density at radius 1 is 1.27 bits per heavy atom. The van der Waals surface area contributed by atoms with E-state index in [9.17, 15) is 4.79 Å². The van der Waals surface area contributed by atoms with Crippen molar-refractivity contribution in [3.63, 3.8) is 0 Å². The topological polar surface area (TPSA) is 105 Å². The molecule has 0 aliphatic carbocycles. The van der Waals surface area contributed by atoms with E-state index < -0.39 is 5.91 Å². The summed E-state index contributed by atoms with van der Waals surface area (Å²) in [5.41, 5.74) is 11.3. The standard InChI is InChI=1S/C10H12N4O/c11-6-8(10(13)15)9(12)14-7-4-2-1-3-5-7/h1-6,11,14H,12H2,(H2,13,15)/b9-8-,11-6?. The first-order valence-corrected chi connectivity index (χ1v) is 4.27. The predicted octanol–water partition coefficient (Wildman–Crippen LogP) is 0.404. The number of primary amides is 1. The second-order valence-electron chi connectivity index (χ2n) is 2.83. The second-order valence-corrected chi connectivity index (χ2v) is 2.83. The fraction of sp³-hybridized carbons (Fsp3) is 0. The van der Waals surface area contributed by atoms with Crippen LogP contribution >= 0.6 is 0 Å². The fourth-order valence-corrected chi connectivity index (χ4v) is 1.03. The van der Waals surface area contributed by atoms with Crippen molar-refractivity contribution in [2.45, 2.75) is 0 Å². The molecule has 15 heavy (non-hydrogen) atoms. The monoisotopic (exact) mass is 204 g/mol. The molecular weight excluding hydrogens is 192 g/mol. The maximum atomic E-state index is 10.9. The van der Waals surface area contributed by atoms with Crippen molar-refractivity contribution in [2.24, 2.45) is 11.5 Å². The molecule has 1 amide bonds. The average Bonchev–Trinajstić information content (AvgIpc) is 2.19. The van der Waals surface area contributed by atoms with Gasteiger partial charge in [0.05, 0.1) is 5.57 Å². The number of nitrogens with two attached hydrogens (primary N) is 2. The van der Waals surface area contributed by atoms with Gasteiger partial charge in [0.25, 0.3) is 5.91 Å². The van der Waals surface area contributed by atoms with Crippen molar-refractivity contribution in [1.29, 1.82) is 5.41 Å². The van der Waals surface area contributed by atoms with Crippen LogP contribution in [0.15, 0.2) is 41.7 Å². The maximum absolute atomic E-state index is 10.9. The number of carbonyl (C=O) groups is 1. The molecule has 0 radical (unpaired) electrons. The molecule has 0 spiro atoms. The summed E-state index contributed by atoms with van der Waals surface area (Å²) in [6.45, 7) is 0. The Kier molecular flexibility index (Phi) is 3.45. The molecule has 0 unspecified atom stereocenters. The largest absolute Gasteiger partial charge is 0.385 e. The summed E-state index contributed by atoms with van der Waals surface area (Å²) in [7, 11) is 0. The lowest BCUT2D eigenvalue weighted by atomic mass is 10.2. The highest BCUT2D eigenvalue weighted by atomic mass is 16.1. The molecule has 0 bridgehead atoms. The SMILES string of the molecule is N=C/C(C(N)=O)=C(\N)Nc1ccccc1. The van der Waals surface area contributed by atoms with Crippen LogP contribution < -0.4 is 16.8 Å². The zero-order valence-electron chi connectivity index (χ0n) is 8.03. The molecule has 0 aromatic heterocycles. The van der Waals surface area contributed by atoms with E-state index in [-0.39, 0.29) is 11.4 Å². The Morgan fingerprint density at radius 3 is 2.33 bits per heavy atom. The summed E-state index contributed by atoms with van der Waals surface area (Å²) < 4.78 is 0. The van der Waals surface area contributed by atoms with Gasteiger partial charge in [-0.05, 0) is 12.1 Å². The number of rotatable bonds is 4. The summed E-state index contributed by atoms with van der Waals surface area (Å²) in [5.74, 6) is -0.658. The van der Waals surface area contributed by atoms with Crippen molar-refractivity contribution in [3.05, 3.63) is 41.7 Å². The van der Waals surface area contributed by atoms with E-state index in [0.29, 0.717) is 0 Å². The van der Waals surface area contributed by atoms with E-state index in [1.54, 1.807) is 12.1 Å². The van der Waals surface area contributed by atoms with Crippen molar-refractivity contribution in [2.75, 3.05) is 5.32 Å². The highest BCUT2D eigenvalue weighted by Gasteiger charge is 2.06. The molecule has 78 valence electrons. The zero-order chi connectivity index (χ0) is 11.3. The first-order chi connectivity index (χ1) is 7.15. The van der Waals surface area contributed by atoms with Crippen molar-refractivity contribution < 1.29 is 4.79 Å². The molecule has 1 aromatic rings. The van der Waals surface area contributed by atoms with Crippen LogP contribution in [0.2, 0.25) is 0 Å². The minimum absolute atomic E-state index is 0.0427. The second kappa shape index (κ2) is 4.80. The zero-order valence-corrected chi connectivity index (χ0v) is 8.03. The number of amides is 1. The van der Waals surface area contributed by atoms with Gasteiger partial charge in [0.2, 0.25) is 0 Å². The minimum Gasteiger partial charge on any atom is -0.385 e. The smallest absolute Gasteiger partial charge is 0.253 e. The molecule has 0 fully saturated rings. The van der Waals surface area contributed by atoms with E-state index in [2.05, 4.69) is 5.32 Å². The molecule has 1 rings (SSSR count). The van der Waals surface area contributed by atoms with Crippen LogP contribution in [0.5, 0.6) is 0 Å². The van der Waals surface area contributed by atoms with Gasteiger partial charge in [0.15, 0.2) is 0 Å². The van der Waals surface area contributed by atoms with Gasteiger partial charge < -0.3 is 22.2 Å². The molecule has 0 saturated heterocycles. The van der Waals surface area contributed by atoms with E-state index in [4.69, 9.17) is 16.9 Å². The van der Waals surface area contributed by atoms with Crippen LogP contribution in [0.25, 0.3) is 0 Å². The van der Waals surface area contributed by atoms with Gasteiger partial charge >= 0.3 is 0 Å². The van der Waals surface area contributed by atoms with E-state index >= 15 is 0 Å². The summed E-state index contributed by atoms with van der Waals surface area (Å²) in [4.78, 5) is 10.9. The van der Waals surface area contributed by atoms with Crippen LogP contribution in [-0.2, 0) is 4.79 Å². The third-order valence-electron chi connectivity index (χ3n) is 1.75. The van der Waals surface area contributed by atoms with Crippen LogP contribution in [0.4, 0.5) is 5.69 Å². The lowest BCUT2D eigenvalue weighted by Gasteiger charge is -2.07. The molecule has 0 aliphatic heterocycles. The number of para-hydroxylation sites is 1. The summed E-state index contributed by atoms with van der Waals surface area (Å²) >= 11 is 0. The first kappa shape index (κ1) is 10.8. The number of anilines is 1. The Balaban J connectivity index is 2.91. The quantitative estimate of drug-likeness (QED) is 0.421. The van der Waals surface area contributed by atoms with Crippen molar-refractivity contribution in [1.82, 2.24) is 0 Å². The van der Waals surface area contributed by atoms with Gasteiger partial charge in [-0.1, -0.05) is 18.2 Å². The van der Waals surface area contributed by atoms with E-state index in [1.165, 1.54) is 0 Å². The Morgan fingerprint density at radius 2 is 1.87 bits per heavy atom. The van der Waals surface area contributed by atoms with E-state index in [1.807, 2.05) is 18.2 Å². The van der Waals surface area contributed by atoms with Crippen LogP contribution in [0.3, 0.4) is 0 Å². The molecule has 0 saturated carbocycles. The van der Waals surface area contributed by atoms with Crippen molar-refractivity contribution in [3.8, 4) is 0 Å². The fourth-order valence-electron chi connectivity index (χ4n) is 1.03. The third kappa shape index (κ3) is 2.84. The number of nitrogens with one attached hydrogen (secondary N) is 2. The van der Waals surface area contributed by atoms with Crippen LogP contribution in [0.1, 0.15) is 0 Å². The molecule has 6 N–H and O–H groups in total. The molecule has 1 aromatic carbocycles. The first-order valence-electron chi connectivity index (χ1n) is 4.27. The van der Waals surface area contributed by atoms with Gasteiger partial charge in [-0.2, -0.15) is 0 Å². The lowest BCUT2D eigenvalue weighted by Crippen LogP contribution is -2.23. The van der Waals surface area contributed by atoms with Crippen LogP contribution in [0, 0.1) is 5.41 Å². The average molecular weight is 204 g/mol. The van der Waals surface area contributed by atoms with Gasteiger partial charge in [-0.15, -0.1) is 0 Å². The van der Waals surface area contributed by atoms with Gasteiger partial charge in [0, 0.05) is 11.9 Å². The molecular formula is C10H12N4O. The van der Waals surface area contributed by atoms with Gasteiger partial charge in [-0.25, -0.2) is 0 Å². The Hall–Kier alpha value is -2.30. The summed E-state index contributed by atoms with van der Waals surface area (Å²) in [5, 5.41) is 9.76. The van der Waals surface area contributed by atoms with Gasteiger partial charge in [0.1, 0.15) is 5.82 Å².